The highest BCUT2D eigenvalue weighted by atomic mass is 19.1. The van der Waals surface area contributed by atoms with Crippen molar-refractivity contribution < 1.29 is 28.6 Å². The van der Waals surface area contributed by atoms with Crippen LogP contribution in [0.5, 0.6) is 17.2 Å². The summed E-state index contributed by atoms with van der Waals surface area (Å²) in [5.74, 6) is -0.0997. The molecule has 0 radical (unpaired) electrons. The molecule has 0 atom stereocenters. The summed E-state index contributed by atoms with van der Waals surface area (Å²) in [4.78, 5) is 20.4. The minimum absolute atomic E-state index is 0.0198. The maximum absolute atomic E-state index is 15.2. The van der Waals surface area contributed by atoms with Crippen molar-refractivity contribution in [3.8, 4) is 28.5 Å². The van der Waals surface area contributed by atoms with Gasteiger partial charge in [-0.2, -0.15) is 0 Å². The lowest BCUT2D eigenvalue weighted by Gasteiger charge is -2.17. The van der Waals surface area contributed by atoms with Gasteiger partial charge in [0.05, 0.1) is 13.5 Å². The molecule has 0 amide bonds. The van der Waals surface area contributed by atoms with Crippen LogP contribution in [0, 0.1) is 12.7 Å². The maximum Gasteiger partial charge on any atom is 0.340 e. The van der Waals surface area contributed by atoms with Crippen LogP contribution in [0.1, 0.15) is 35.7 Å². The first-order valence-electron chi connectivity index (χ1n) is 10.9. The topological polar surface area (TPSA) is 90.2 Å². The molecule has 34 heavy (non-hydrogen) atoms. The number of hydrogen-bond donors (Lipinski definition) is 1. The van der Waals surface area contributed by atoms with Gasteiger partial charge >= 0.3 is 5.97 Å². The average Bonchev–Trinajstić information content (AvgIpc) is 3.27. The number of hydrogen-bond acceptors (Lipinski definition) is 7. The molecular formula is C26H25FN2O5. The largest absolute Gasteiger partial charge is 0.506 e. The zero-order valence-corrected chi connectivity index (χ0v) is 19.2. The summed E-state index contributed by atoms with van der Waals surface area (Å²) < 4.78 is 26.1. The lowest BCUT2D eigenvalue weighted by atomic mass is 9.94. The standard InChI is InChI=1S/C26H25FN2O5/c1-4-16-11-23(33-14-19-13-24(31)34-29-19)25(27)15(2)21(16)12-18-8-9-22(30)26(28-18)17-6-5-7-20(10-17)32-3/h5-11,30H,4,12-14H2,1-3H3. The second-order valence-corrected chi connectivity index (χ2v) is 7.97. The van der Waals surface area contributed by atoms with Crippen LogP contribution in [0.3, 0.4) is 0 Å². The van der Waals surface area contributed by atoms with Crippen molar-refractivity contribution in [3.63, 3.8) is 0 Å². The number of carbonyl (C=O) groups excluding carboxylic acids is 1. The van der Waals surface area contributed by atoms with Crippen molar-refractivity contribution in [2.24, 2.45) is 5.16 Å². The predicted molar refractivity (Wildman–Crippen MR) is 125 cm³/mol. The van der Waals surface area contributed by atoms with E-state index in [1.54, 1.807) is 38.3 Å². The number of oxime groups is 1. The van der Waals surface area contributed by atoms with Gasteiger partial charge in [0.2, 0.25) is 0 Å². The molecule has 1 N–H and O–H groups in total. The second-order valence-electron chi connectivity index (χ2n) is 7.97. The molecular weight excluding hydrogens is 439 g/mol. The molecule has 3 aromatic rings. The average molecular weight is 464 g/mol. The molecule has 0 spiro atoms. The van der Waals surface area contributed by atoms with Crippen molar-refractivity contribution in [2.75, 3.05) is 13.7 Å². The monoisotopic (exact) mass is 464 g/mol. The van der Waals surface area contributed by atoms with E-state index in [2.05, 4.69) is 15.0 Å². The fourth-order valence-corrected chi connectivity index (χ4v) is 3.87. The summed E-state index contributed by atoms with van der Waals surface area (Å²) in [6.45, 7) is 3.67. The van der Waals surface area contributed by atoms with Gasteiger partial charge in [-0.05, 0) is 60.4 Å². The number of ether oxygens (including phenoxy) is 2. The third-order valence-corrected chi connectivity index (χ3v) is 5.72. The van der Waals surface area contributed by atoms with Crippen LogP contribution in [-0.4, -0.2) is 35.5 Å². The van der Waals surface area contributed by atoms with Crippen molar-refractivity contribution in [3.05, 3.63) is 70.7 Å². The van der Waals surface area contributed by atoms with Crippen LogP contribution >= 0.6 is 0 Å². The number of carbonyl (C=O) groups is 1. The van der Waals surface area contributed by atoms with Gasteiger partial charge in [-0.15, -0.1) is 0 Å². The molecule has 7 nitrogen and oxygen atoms in total. The molecule has 2 aromatic carbocycles. The van der Waals surface area contributed by atoms with E-state index in [9.17, 15) is 9.90 Å². The van der Waals surface area contributed by atoms with E-state index >= 15 is 4.39 Å². The summed E-state index contributed by atoms with van der Waals surface area (Å²) in [6.07, 6.45) is 1.09. The Hall–Kier alpha value is -3.94. The van der Waals surface area contributed by atoms with E-state index in [-0.39, 0.29) is 24.5 Å². The Morgan fingerprint density at radius 1 is 1.21 bits per heavy atom. The smallest absolute Gasteiger partial charge is 0.340 e. The fourth-order valence-electron chi connectivity index (χ4n) is 3.87. The zero-order chi connectivity index (χ0) is 24.2. The van der Waals surface area contributed by atoms with Gasteiger partial charge < -0.3 is 19.4 Å². The normalized spacial score (nSPS) is 12.9. The van der Waals surface area contributed by atoms with Crippen molar-refractivity contribution >= 4 is 11.7 Å². The summed E-state index contributed by atoms with van der Waals surface area (Å²) in [5, 5.41) is 14.0. The molecule has 0 saturated heterocycles. The second kappa shape index (κ2) is 9.91. The molecule has 176 valence electrons. The van der Waals surface area contributed by atoms with Crippen molar-refractivity contribution in [2.45, 2.75) is 33.1 Å². The minimum atomic E-state index is -0.468. The first-order valence-corrected chi connectivity index (χ1v) is 10.9. The molecule has 4 rings (SSSR count). The molecule has 0 fully saturated rings. The Morgan fingerprint density at radius 2 is 2.03 bits per heavy atom. The number of halogens is 1. The first-order chi connectivity index (χ1) is 16.4. The van der Waals surface area contributed by atoms with Gasteiger partial charge in [0.1, 0.15) is 29.5 Å². The number of aromatic hydroxyl groups is 1. The van der Waals surface area contributed by atoms with E-state index in [4.69, 9.17) is 9.47 Å². The Kier molecular flexibility index (Phi) is 6.77. The number of aromatic nitrogens is 1. The first kappa shape index (κ1) is 23.2. The summed E-state index contributed by atoms with van der Waals surface area (Å²) in [7, 11) is 1.58. The molecule has 0 saturated carbocycles. The molecule has 0 unspecified atom stereocenters. The van der Waals surface area contributed by atoms with Gasteiger partial charge in [-0.25, -0.2) is 14.2 Å². The highest BCUT2D eigenvalue weighted by molar-refractivity contribution is 6.02. The highest BCUT2D eigenvalue weighted by Gasteiger charge is 2.21. The lowest BCUT2D eigenvalue weighted by Crippen LogP contribution is -2.13. The molecule has 0 bridgehead atoms. The highest BCUT2D eigenvalue weighted by Crippen LogP contribution is 2.32. The van der Waals surface area contributed by atoms with Gasteiger partial charge in [-0.1, -0.05) is 24.2 Å². The lowest BCUT2D eigenvalue weighted by molar-refractivity contribution is -0.140. The third-order valence-electron chi connectivity index (χ3n) is 5.72. The van der Waals surface area contributed by atoms with Gasteiger partial charge in [0.25, 0.3) is 0 Å². The molecule has 1 aliphatic rings. The molecule has 2 heterocycles. The number of benzene rings is 2. The van der Waals surface area contributed by atoms with E-state index in [1.807, 2.05) is 25.1 Å². The zero-order valence-electron chi connectivity index (χ0n) is 19.2. The van der Waals surface area contributed by atoms with Crippen LogP contribution in [0.2, 0.25) is 0 Å². The van der Waals surface area contributed by atoms with Crippen LogP contribution in [0.4, 0.5) is 4.39 Å². The van der Waals surface area contributed by atoms with E-state index < -0.39 is 11.8 Å². The van der Waals surface area contributed by atoms with Gasteiger partial charge in [0.15, 0.2) is 11.6 Å². The summed E-state index contributed by atoms with van der Waals surface area (Å²) >= 11 is 0. The molecule has 1 aliphatic heterocycles. The molecule has 8 heteroatoms. The predicted octanol–water partition coefficient (Wildman–Crippen LogP) is 4.75. The Morgan fingerprint density at radius 3 is 2.74 bits per heavy atom. The van der Waals surface area contributed by atoms with Crippen molar-refractivity contribution in [1.29, 1.82) is 0 Å². The Labute approximate surface area is 196 Å². The van der Waals surface area contributed by atoms with Crippen LogP contribution in [0.25, 0.3) is 11.3 Å². The van der Waals surface area contributed by atoms with Crippen LogP contribution in [0.15, 0.2) is 47.6 Å². The van der Waals surface area contributed by atoms with E-state index in [0.717, 1.165) is 16.7 Å². The van der Waals surface area contributed by atoms with Gasteiger partial charge in [0, 0.05) is 17.7 Å². The van der Waals surface area contributed by atoms with Gasteiger partial charge in [-0.3, -0.25) is 0 Å². The molecule has 1 aromatic heterocycles. The van der Waals surface area contributed by atoms with Crippen molar-refractivity contribution in [1.82, 2.24) is 4.98 Å². The minimum Gasteiger partial charge on any atom is -0.506 e. The number of nitrogens with zero attached hydrogens (tertiary/aromatic N) is 2. The fraction of sp³-hybridized carbons (Fsp3) is 0.269. The Bertz CT molecular complexity index is 1270. The van der Waals surface area contributed by atoms with E-state index in [0.29, 0.717) is 41.3 Å². The number of methoxy groups -OCH3 is 1. The van der Waals surface area contributed by atoms with Crippen LogP contribution in [-0.2, 0) is 22.5 Å². The third kappa shape index (κ3) is 4.85. The maximum atomic E-state index is 15.2. The Balaban J connectivity index is 1.62. The summed E-state index contributed by atoms with van der Waals surface area (Å²) in [6, 6.07) is 12.3. The number of rotatable bonds is 8. The number of pyridine rings is 1. The van der Waals surface area contributed by atoms with E-state index in [1.165, 1.54) is 0 Å². The quantitative estimate of drug-likeness (QED) is 0.484. The van der Waals surface area contributed by atoms with Crippen LogP contribution < -0.4 is 9.47 Å². The summed E-state index contributed by atoms with van der Waals surface area (Å²) in [5.41, 5.74) is 4.47. The SMILES string of the molecule is CCc1cc(OCC2=NOC(=O)C2)c(F)c(C)c1Cc1ccc(O)c(-c2cccc(OC)c2)n1. The molecule has 0 aliphatic carbocycles. The number of aryl methyl sites for hydroxylation is 1.